The molecule has 4 nitrogen and oxygen atoms in total. The summed E-state index contributed by atoms with van der Waals surface area (Å²) in [4.78, 5) is 21.8. The fourth-order valence-electron chi connectivity index (χ4n) is 1.56. The lowest BCUT2D eigenvalue weighted by Gasteiger charge is -2.35. The second-order valence-electron chi connectivity index (χ2n) is 8.25. The lowest BCUT2D eigenvalue weighted by Crippen LogP contribution is -2.40. The molecule has 0 aromatic rings. The first-order valence-electron chi connectivity index (χ1n) is 6.86. The predicted molar refractivity (Wildman–Crippen MR) is 76.6 cm³/mol. The van der Waals surface area contributed by atoms with Crippen LogP contribution < -0.4 is 0 Å². The maximum atomic E-state index is 5.53. The molecule has 0 fully saturated rings. The van der Waals surface area contributed by atoms with E-state index in [1.54, 1.807) is 0 Å². The van der Waals surface area contributed by atoms with Crippen molar-refractivity contribution in [2.24, 2.45) is 0 Å². The van der Waals surface area contributed by atoms with Crippen LogP contribution in [0.2, 0.25) is 0 Å². The lowest BCUT2D eigenvalue weighted by molar-refractivity contribution is -0.428. The Labute approximate surface area is 118 Å². The fraction of sp³-hybridized carbons (Fsp3) is 1.00. The molecule has 0 amide bonds. The molecule has 0 saturated carbocycles. The van der Waals surface area contributed by atoms with E-state index in [1.165, 1.54) is 0 Å². The van der Waals surface area contributed by atoms with Crippen molar-refractivity contribution < 1.29 is 19.6 Å². The van der Waals surface area contributed by atoms with Gasteiger partial charge in [0.1, 0.15) is 11.2 Å². The van der Waals surface area contributed by atoms with Crippen LogP contribution in [0.15, 0.2) is 0 Å². The van der Waals surface area contributed by atoms with Crippen molar-refractivity contribution >= 4 is 0 Å². The third-order valence-electron chi connectivity index (χ3n) is 1.89. The van der Waals surface area contributed by atoms with Crippen molar-refractivity contribution in [2.45, 2.75) is 98.1 Å². The Hall–Kier alpha value is -0.160. The summed E-state index contributed by atoms with van der Waals surface area (Å²) in [6.07, 6.45) is 0.645. The minimum atomic E-state index is -0.460. The Morgan fingerprint density at radius 2 is 0.737 bits per heavy atom. The maximum absolute atomic E-state index is 5.53. The van der Waals surface area contributed by atoms with E-state index in [2.05, 4.69) is 0 Å². The second kappa shape index (κ2) is 6.08. The van der Waals surface area contributed by atoms with Crippen LogP contribution in [-0.4, -0.2) is 22.4 Å². The molecule has 0 rings (SSSR count). The molecular weight excluding hydrogens is 244 g/mol. The molecule has 0 bridgehead atoms. The molecule has 0 aliphatic rings. The van der Waals surface area contributed by atoms with Crippen LogP contribution in [0.3, 0.4) is 0 Å². The van der Waals surface area contributed by atoms with Crippen molar-refractivity contribution in [3.05, 3.63) is 0 Å². The summed E-state index contributed by atoms with van der Waals surface area (Å²) in [6.45, 7) is 19.6. The quantitative estimate of drug-likeness (QED) is 0.531. The molecular formula is C15H32O4. The van der Waals surface area contributed by atoms with Gasteiger partial charge < -0.3 is 0 Å². The highest BCUT2D eigenvalue weighted by atomic mass is 17.2. The molecule has 0 aliphatic carbocycles. The highest BCUT2D eigenvalue weighted by Gasteiger charge is 2.34. The standard InChI is InChI=1S/C15H32O4/c1-12(2,3)16-18-14(7,8)11-15(9,10)19-17-13(4,5)6/h11H2,1-10H3. The van der Waals surface area contributed by atoms with Crippen LogP contribution in [0.5, 0.6) is 0 Å². The molecule has 0 spiro atoms. The molecule has 0 aromatic heterocycles. The average Bonchev–Trinajstić information content (AvgIpc) is 2.09. The summed E-state index contributed by atoms with van der Waals surface area (Å²) in [5.74, 6) is 0. The van der Waals surface area contributed by atoms with Crippen molar-refractivity contribution in [1.29, 1.82) is 0 Å². The van der Waals surface area contributed by atoms with E-state index in [0.717, 1.165) is 0 Å². The van der Waals surface area contributed by atoms with E-state index < -0.39 is 11.2 Å². The molecule has 0 aliphatic heterocycles. The first-order valence-corrected chi connectivity index (χ1v) is 6.86. The van der Waals surface area contributed by atoms with Gasteiger partial charge in [0.2, 0.25) is 0 Å². The van der Waals surface area contributed by atoms with Gasteiger partial charge in [-0.3, -0.25) is 0 Å². The zero-order valence-corrected chi connectivity index (χ0v) is 14.3. The van der Waals surface area contributed by atoms with Gasteiger partial charge in [-0.25, -0.2) is 19.6 Å². The number of hydrogen-bond donors (Lipinski definition) is 0. The van der Waals surface area contributed by atoms with Crippen molar-refractivity contribution in [2.75, 3.05) is 0 Å². The normalized spacial score (nSPS) is 14.8. The van der Waals surface area contributed by atoms with Crippen LogP contribution in [0.4, 0.5) is 0 Å². The first kappa shape index (κ1) is 18.8. The van der Waals surface area contributed by atoms with Gasteiger partial charge in [-0.05, 0) is 69.2 Å². The zero-order valence-electron chi connectivity index (χ0n) is 14.3. The van der Waals surface area contributed by atoms with E-state index in [-0.39, 0.29) is 11.2 Å². The highest BCUT2D eigenvalue weighted by molar-refractivity contribution is 4.79. The van der Waals surface area contributed by atoms with Gasteiger partial charge in [0.25, 0.3) is 0 Å². The summed E-state index contributed by atoms with van der Waals surface area (Å²) in [7, 11) is 0. The maximum Gasteiger partial charge on any atom is 0.101 e. The van der Waals surface area contributed by atoms with Gasteiger partial charge in [-0.1, -0.05) is 0 Å². The van der Waals surface area contributed by atoms with Gasteiger partial charge in [0.15, 0.2) is 0 Å². The first-order chi connectivity index (χ1) is 8.12. The van der Waals surface area contributed by atoms with Gasteiger partial charge in [0, 0.05) is 6.42 Å². The molecule has 0 N–H and O–H groups in total. The third-order valence-corrected chi connectivity index (χ3v) is 1.89. The summed E-state index contributed by atoms with van der Waals surface area (Å²) in [5, 5.41) is 0. The minimum absolute atomic E-state index is 0.329. The van der Waals surface area contributed by atoms with Crippen LogP contribution >= 0.6 is 0 Å². The van der Waals surface area contributed by atoms with Crippen LogP contribution in [-0.2, 0) is 19.6 Å². The van der Waals surface area contributed by atoms with Crippen LogP contribution in [0.25, 0.3) is 0 Å². The summed E-state index contributed by atoms with van der Waals surface area (Å²) in [5.41, 5.74) is -1.58. The van der Waals surface area contributed by atoms with Crippen LogP contribution in [0, 0.1) is 0 Å². The van der Waals surface area contributed by atoms with E-state index in [4.69, 9.17) is 19.6 Å². The monoisotopic (exact) mass is 276 g/mol. The Kier molecular flexibility index (Phi) is 6.03. The SMILES string of the molecule is CC(C)(C)OOC(C)(C)CC(C)(C)OOC(C)(C)C. The Morgan fingerprint density at radius 3 is 0.947 bits per heavy atom. The fourth-order valence-corrected chi connectivity index (χ4v) is 1.56. The molecule has 19 heavy (non-hydrogen) atoms. The van der Waals surface area contributed by atoms with Gasteiger partial charge in [0.05, 0.1) is 11.2 Å². The summed E-state index contributed by atoms with van der Waals surface area (Å²) >= 11 is 0. The minimum Gasteiger partial charge on any atom is -0.230 e. The largest absolute Gasteiger partial charge is 0.230 e. The average molecular weight is 276 g/mol. The Morgan fingerprint density at radius 1 is 0.474 bits per heavy atom. The predicted octanol–water partition coefficient (Wildman–Crippen LogP) is 4.43. The third kappa shape index (κ3) is 11.4. The number of hydrogen-bond acceptors (Lipinski definition) is 4. The Bertz CT molecular complexity index is 241. The summed E-state index contributed by atoms with van der Waals surface area (Å²) in [6, 6.07) is 0. The molecule has 0 heterocycles. The smallest absolute Gasteiger partial charge is 0.101 e. The van der Waals surface area contributed by atoms with Crippen molar-refractivity contribution in [3.63, 3.8) is 0 Å². The zero-order chi connectivity index (χ0) is 15.5. The van der Waals surface area contributed by atoms with Gasteiger partial charge in [-0.2, -0.15) is 0 Å². The summed E-state index contributed by atoms with van der Waals surface area (Å²) < 4.78 is 0. The molecule has 0 aromatic carbocycles. The molecule has 0 unspecified atom stereocenters. The van der Waals surface area contributed by atoms with Crippen molar-refractivity contribution in [3.8, 4) is 0 Å². The van der Waals surface area contributed by atoms with E-state index in [9.17, 15) is 0 Å². The molecule has 0 atom stereocenters. The van der Waals surface area contributed by atoms with Gasteiger partial charge in [-0.15, -0.1) is 0 Å². The lowest BCUT2D eigenvalue weighted by atomic mass is 9.93. The van der Waals surface area contributed by atoms with Crippen molar-refractivity contribution in [1.82, 2.24) is 0 Å². The molecule has 0 radical (unpaired) electrons. The van der Waals surface area contributed by atoms with E-state index in [1.807, 2.05) is 69.2 Å². The van der Waals surface area contributed by atoms with Gasteiger partial charge >= 0.3 is 0 Å². The van der Waals surface area contributed by atoms with E-state index >= 15 is 0 Å². The second-order valence-corrected chi connectivity index (χ2v) is 8.25. The molecule has 0 saturated heterocycles. The molecule has 116 valence electrons. The highest BCUT2D eigenvalue weighted by Crippen LogP contribution is 2.29. The van der Waals surface area contributed by atoms with Crippen LogP contribution in [0.1, 0.15) is 75.7 Å². The topological polar surface area (TPSA) is 36.9 Å². The molecule has 4 heteroatoms. The Balaban J connectivity index is 4.37. The van der Waals surface area contributed by atoms with E-state index in [0.29, 0.717) is 6.42 Å². The number of rotatable bonds is 6.